The van der Waals surface area contributed by atoms with E-state index in [0.29, 0.717) is 34.0 Å². The number of carbonyl (C=O) groups is 2. The molecule has 35 heavy (non-hydrogen) atoms. The summed E-state index contributed by atoms with van der Waals surface area (Å²) in [7, 11) is -2.25. The van der Waals surface area contributed by atoms with Gasteiger partial charge in [0.15, 0.2) is 6.29 Å². The van der Waals surface area contributed by atoms with E-state index in [9.17, 15) is 22.8 Å². The van der Waals surface area contributed by atoms with Gasteiger partial charge in [-0.1, -0.05) is 0 Å². The second-order valence-corrected chi connectivity index (χ2v) is 11.0. The molecule has 0 aliphatic carbocycles. The number of thiophene rings is 1. The molecule has 2 aromatic carbocycles. The fraction of sp³-hybridized carbons (Fsp3) is 0.125. The third kappa shape index (κ3) is 4.81. The number of sulfonamides is 1. The Balaban J connectivity index is 1.57. The van der Waals surface area contributed by atoms with Crippen molar-refractivity contribution in [3.05, 3.63) is 81.1 Å². The van der Waals surface area contributed by atoms with Crippen LogP contribution >= 0.6 is 11.3 Å². The molecular weight excluding hydrogens is 488 g/mol. The van der Waals surface area contributed by atoms with Crippen molar-refractivity contribution >= 4 is 55.8 Å². The standard InChI is InChI=1S/C24H22N4O5S2/c1-14-10-22(34-15(14)2)35(32,33)27-24(31)26-17-4-7-19(8-5-17)28-12-16(13-29)21-11-18(25-3)6-9-20(21)23(28)30/h4-13,25H,1-3H3,(H2,26,27,31). The lowest BCUT2D eigenvalue weighted by atomic mass is 10.1. The quantitative estimate of drug-likeness (QED) is 0.336. The Kier molecular flexibility index (Phi) is 6.46. The van der Waals surface area contributed by atoms with Crippen LogP contribution in [0.4, 0.5) is 16.2 Å². The molecular formula is C24H22N4O5S2. The normalized spacial score (nSPS) is 11.3. The maximum atomic E-state index is 13.1. The third-order valence-electron chi connectivity index (χ3n) is 5.50. The van der Waals surface area contributed by atoms with Crippen LogP contribution in [0.25, 0.3) is 16.5 Å². The number of rotatable bonds is 6. The van der Waals surface area contributed by atoms with Gasteiger partial charge in [0.1, 0.15) is 4.21 Å². The molecule has 0 aliphatic heterocycles. The van der Waals surface area contributed by atoms with E-state index >= 15 is 0 Å². The number of hydrogen-bond acceptors (Lipinski definition) is 7. The number of anilines is 2. The summed E-state index contributed by atoms with van der Waals surface area (Å²) in [5.74, 6) is 0. The van der Waals surface area contributed by atoms with E-state index in [0.717, 1.165) is 27.5 Å². The maximum absolute atomic E-state index is 13.1. The first-order valence-corrected chi connectivity index (χ1v) is 12.8. The molecule has 11 heteroatoms. The smallest absolute Gasteiger partial charge is 0.333 e. The molecule has 2 aromatic heterocycles. The fourth-order valence-electron chi connectivity index (χ4n) is 3.51. The summed E-state index contributed by atoms with van der Waals surface area (Å²) in [6.45, 7) is 3.60. The van der Waals surface area contributed by atoms with Gasteiger partial charge < -0.3 is 10.6 Å². The third-order valence-corrected chi connectivity index (χ3v) is 8.46. The molecule has 2 amide bonds. The lowest BCUT2D eigenvalue weighted by Gasteiger charge is -2.12. The van der Waals surface area contributed by atoms with Gasteiger partial charge in [0, 0.05) is 51.5 Å². The molecule has 9 nitrogen and oxygen atoms in total. The minimum absolute atomic E-state index is 0.0569. The molecule has 4 aromatic rings. The average molecular weight is 511 g/mol. The van der Waals surface area contributed by atoms with Crippen molar-refractivity contribution in [3.8, 4) is 5.69 Å². The second kappa shape index (κ2) is 9.35. The van der Waals surface area contributed by atoms with Gasteiger partial charge in [-0.3, -0.25) is 14.2 Å². The highest BCUT2D eigenvalue weighted by molar-refractivity contribution is 7.92. The van der Waals surface area contributed by atoms with Crippen LogP contribution in [0.3, 0.4) is 0 Å². The summed E-state index contributed by atoms with van der Waals surface area (Å²) in [6, 6.07) is 12.0. The van der Waals surface area contributed by atoms with Gasteiger partial charge >= 0.3 is 6.03 Å². The van der Waals surface area contributed by atoms with Crippen molar-refractivity contribution in [1.29, 1.82) is 0 Å². The molecule has 0 spiro atoms. The van der Waals surface area contributed by atoms with Crippen molar-refractivity contribution in [2.75, 3.05) is 17.7 Å². The number of nitrogens with one attached hydrogen (secondary N) is 3. The number of pyridine rings is 1. The van der Waals surface area contributed by atoms with Crippen molar-refractivity contribution in [2.45, 2.75) is 18.1 Å². The maximum Gasteiger partial charge on any atom is 0.333 e. The van der Waals surface area contributed by atoms with E-state index in [1.807, 2.05) is 4.72 Å². The number of aryl methyl sites for hydroxylation is 2. The fourth-order valence-corrected chi connectivity index (χ4v) is 5.94. The van der Waals surface area contributed by atoms with Crippen molar-refractivity contribution in [3.63, 3.8) is 0 Å². The highest BCUT2D eigenvalue weighted by atomic mass is 32.2. The van der Waals surface area contributed by atoms with Crippen LogP contribution in [0.5, 0.6) is 0 Å². The van der Waals surface area contributed by atoms with Crippen LogP contribution in [-0.4, -0.2) is 32.3 Å². The van der Waals surface area contributed by atoms with E-state index in [4.69, 9.17) is 0 Å². The van der Waals surface area contributed by atoms with Crippen LogP contribution in [0, 0.1) is 13.8 Å². The lowest BCUT2D eigenvalue weighted by molar-refractivity contribution is 0.112. The molecule has 0 bridgehead atoms. The molecule has 2 heterocycles. The summed E-state index contributed by atoms with van der Waals surface area (Å²) in [4.78, 5) is 37.9. The summed E-state index contributed by atoms with van der Waals surface area (Å²) in [5, 5.41) is 6.39. The number of aldehydes is 1. The minimum atomic E-state index is -4.00. The SMILES string of the molecule is CNc1ccc2c(=O)n(-c3ccc(NC(=O)NS(=O)(=O)c4cc(C)c(C)s4)cc3)cc(C=O)c2c1. The number of carbonyl (C=O) groups excluding carboxylic acids is 2. The Hall–Kier alpha value is -3.96. The molecule has 0 aliphatic rings. The highest BCUT2D eigenvalue weighted by Gasteiger charge is 2.21. The van der Waals surface area contributed by atoms with Crippen LogP contribution in [0.1, 0.15) is 20.8 Å². The van der Waals surface area contributed by atoms with Crippen molar-refractivity contribution < 1.29 is 18.0 Å². The molecule has 180 valence electrons. The van der Waals surface area contributed by atoms with Crippen LogP contribution in [0.15, 0.2) is 63.7 Å². The summed E-state index contributed by atoms with van der Waals surface area (Å²) in [6.07, 6.45) is 2.15. The molecule has 0 unspecified atom stereocenters. The molecule has 0 saturated carbocycles. The Bertz CT molecular complexity index is 1600. The van der Waals surface area contributed by atoms with Gasteiger partial charge in [-0.05, 0) is 67.9 Å². The summed E-state index contributed by atoms with van der Waals surface area (Å²) < 4.78 is 28.3. The predicted molar refractivity (Wildman–Crippen MR) is 138 cm³/mol. The van der Waals surface area contributed by atoms with Gasteiger partial charge in [0.05, 0.1) is 0 Å². The zero-order valence-corrected chi connectivity index (χ0v) is 20.7. The van der Waals surface area contributed by atoms with E-state index < -0.39 is 16.1 Å². The summed E-state index contributed by atoms with van der Waals surface area (Å²) >= 11 is 1.09. The average Bonchev–Trinajstić information content (AvgIpc) is 3.18. The number of nitrogens with zero attached hydrogens (tertiary/aromatic N) is 1. The first-order valence-electron chi connectivity index (χ1n) is 10.5. The van der Waals surface area contributed by atoms with Crippen molar-refractivity contribution in [1.82, 2.24) is 9.29 Å². The first kappa shape index (κ1) is 24.2. The number of benzene rings is 2. The monoisotopic (exact) mass is 510 g/mol. The first-order chi connectivity index (χ1) is 16.6. The number of fused-ring (bicyclic) bond motifs is 1. The zero-order valence-electron chi connectivity index (χ0n) is 19.1. The zero-order chi connectivity index (χ0) is 25.3. The number of aromatic nitrogens is 1. The molecule has 0 radical (unpaired) electrons. The van der Waals surface area contributed by atoms with E-state index in [-0.39, 0.29) is 9.77 Å². The van der Waals surface area contributed by atoms with Gasteiger partial charge in [0.2, 0.25) is 0 Å². The van der Waals surface area contributed by atoms with Gasteiger partial charge in [-0.25, -0.2) is 17.9 Å². The van der Waals surface area contributed by atoms with Gasteiger partial charge in [-0.15, -0.1) is 11.3 Å². The number of urea groups is 1. The van der Waals surface area contributed by atoms with Crippen LogP contribution in [-0.2, 0) is 10.0 Å². The Labute approximate surface area is 205 Å². The summed E-state index contributed by atoms with van der Waals surface area (Å²) in [5.41, 5.74) is 2.44. The minimum Gasteiger partial charge on any atom is -0.388 e. The van der Waals surface area contributed by atoms with Crippen LogP contribution < -0.4 is 20.9 Å². The molecule has 3 N–H and O–H groups in total. The lowest BCUT2D eigenvalue weighted by Crippen LogP contribution is -2.33. The van der Waals surface area contributed by atoms with Crippen LogP contribution in [0.2, 0.25) is 0 Å². The second-order valence-electron chi connectivity index (χ2n) is 7.80. The van der Waals surface area contributed by atoms with E-state index in [1.165, 1.54) is 29.0 Å². The predicted octanol–water partition coefficient (Wildman–Crippen LogP) is 4.03. The number of hydrogen-bond donors (Lipinski definition) is 3. The molecule has 0 saturated heterocycles. The van der Waals surface area contributed by atoms with Gasteiger partial charge in [0.25, 0.3) is 15.6 Å². The van der Waals surface area contributed by atoms with Gasteiger partial charge in [-0.2, -0.15) is 0 Å². The van der Waals surface area contributed by atoms with E-state index in [1.54, 1.807) is 51.2 Å². The Morgan fingerprint density at radius 3 is 2.29 bits per heavy atom. The van der Waals surface area contributed by atoms with Crippen molar-refractivity contribution in [2.24, 2.45) is 0 Å². The largest absolute Gasteiger partial charge is 0.388 e. The topological polar surface area (TPSA) is 126 Å². The molecule has 0 atom stereocenters. The highest BCUT2D eigenvalue weighted by Crippen LogP contribution is 2.25. The number of amides is 2. The Morgan fingerprint density at radius 2 is 1.69 bits per heavy atom. The Morgan fingerprint density at radius 1 is 1.00 bits per heavy atom. The van der Waals surface area contributed by atoms with E-state index in [2.05, 4.69) is 10.6 Å². The molecule has 0 fully saturated rings. The molecule has 4 rings (SSSR count).